The first-order valence-electron chi connectivity index (χ1n) is 25.2. The van der Waals surface area contributed by atoms with Crippen molar-refractivity contribution in [3.05, 3.63) is 138 Å². The van der Waals surface area contributed by atoms with Crippen LogP contribution >= 0.6 is 0 Å². The smallest absolute Gasteiger partial charge is 0.101 e. The van der Waals surface area contributed by atoms with E-state index in [9.17, 15) is 0 Å². The van der Waals surface area contributed by atoms with Gasteiger partial charge in [-0.3, -0.25) is 0 Å². The van der Waals surface area contributed by atoms with Crippen LogP contribution < -0.4 is 38.2 Å². The summed E-state index contributed by atoms with van der Waals surface area (Å²) in [5.74, 6) is 3.06. The molecule has 0 aromatic heterocycles. The molecule has 0 radical (unpaired) electrons. The van der Waals surface area contributed by atoms with Gasteiger partial charge in [0.25, 0.3) is 0 Å². The molecule has 6 aliphatic rings. The lowest BCUT2D eigenvalue weighted by Gasteiger charge is -2.61. The molecule has 9 aromatic carbocycles. The molecule has 6 aliphatic carbocycles. The van der Waals surface area contributed by atoms with Gasteiger partial charge in [-0.05, 0) is 178 Å². The molecule has 1 spiro atoms. The van der Waals surface area contributed by atoms with E-state index in [1.165, 1.54) is 158 Å². The number of benzene rings is 9. The van der Waals surface area contributed by atoms with E-state index in [2.05, 4.69) is 184 Å². The van der Waals surface area contributed by atoms with E-state index >= 15 is 0 Å². The summed E-state index contributed by atoms with van der Waals surface area (Å²) in [5, 5.41) is 11.5. The van der Waals surface area contributed by atoms with Crippen molar-refractivity contribution in [2.45, 2.75) is 56.8 Å². The largest absolute Gasteiger partial charge is 0.139 e. The number of fused-ring (bicyclic) bond motifs is 13. The summed E-state index contributed by atoms with van der Waals surface area (Å²) in [6.45, 7) is 4.77. The third-order valence-corrected chi connectivity index (χ3v) is 19.5. The van der Waals surface area contributed by atoms with Crippen LogP contribution in [0.1, 0.15) is 68.2 Å². The van der Waals surface area contributed by atoms with Crippen LogP contribution in [0.4, 0.5) is 0 Å². The molecule has 0 saturated heterocycles. The Kier molecular flexibility index (Phi) is 8.01. The van der Waals surface area contributed by atoms with Gasteiger partial charge >= 0.3 is 0 Å². The summed E-state index contributed by atoms with van der Waals surface area (Å²) in [4.78, 5) is 0. The molecule has 0 aliphatic heterocycles. The van der Waals surface area contributed by atoms with E-state index in [1.54, 1.807) is 22.1 Å². The van der Waals surface area contributed by atoms with Gasteiger partial charge in [0.1, 0.15) is 54.9 Å². The molecule has 310 valence electrons. The van der Waals surface area contributed by atoms with Gasteiger partial charge < -0.3 is 0 Å². The van der Waals surface area contributed by atoms with Crippen molar-refractivity contribution in [2.24, 2.45) is 23.7 Å². The van der Waals surface area contributed by atoms with Crippen LogP contribution in [-0.4, -0.2) is 54.9 Å². The minimum atomic E-state index is -0.0230. The van der Waals surface area contributed by atoms with Gasteiger partial charge in [-0.2, -0.15) is 0 Å². The highest BCUT2D eigenvalue weighted by Crippen LogP contribution is 2.71. The zero-order chi connectivity index (χ0) is 44.9. The van der Waals surface area contributed by atoms with Crippen molar-refractivity contribution < 1.29 is 0 Å². The van der Waals surface area contributed by atoms with Crippen molar-refractivity contribution in [3.63, 3.8) is 0 Å². The average Bonchev–Trinajstić information content (AvgIpc) is 3.74. The van der Waals surface area contributed by atoms with E-state index in [-0.39, 0.29) is 10.8 Å². The highest BCUT2D eigenvalue weighted by Gasteiger charge is 2.62. The van der Waals surface area contributed by atoms with Gasteiger partial charge in [-0.1, -0.05) is 139 Å². The Morgan fingerprint density at radius 2 is 0.909 bits per heavy atom. The second-order valence-corrected chi connectivity index (χ2v) is 22.6. The topological polar surface area (TPSA) is 0 Å². The third kappa shape index (κ3) is 4.76. The quantitative estimate of drug-likeness (QED) is 0.142. The fourth-order valence-electron chi connectivity index (χ4n) is 16.3. The third-order valence-electron chi connectivity index (χ3n) is 19.5. The van der Waals surface area contributed by atoms with Gasteiger partial charge in [-0.15, -0.1) is 16.4 Å². The van der Waals surface area contributed by atoms with Crippen molar-refractivity contribution in [2.75, 3.05) is 0 Å². The molecule has 66 heavy (non-hydrogen) atoms. The van der Waals surface area contributed by atoms with Crippen LogP contribution in [0.15, 0.2) is 115 Å². The number of hydrogen-bond donors (Lipinski definition) is 0. The normalized spacial score (nSPS) is 22.7. The zero-order valence-corrected chi connectivity index (χ0v) is 40.3. The van der Waals surface area contributed by atoms with Crippen LogP contribution in [0.3, 0.4) is 0 Å². The Bertz CT molecular complexity index is 3640. The van der Waals surface area contributed by atoms with Crippen LogP contribution in [0, 0.1) is 23.7 Å². The van der Waals surface area contributed by atoms with Gasteiger partial charge in [0.15, 0.2) is 0 Å². The van der Waals surface area contributed by atoms with Crippen molar-refractivity contribution in [1.29, 1.82) is 0 Å². The molecule has 4 saturated carbocycles. The molecule has 0 unspecified atom stereocenters. The van der Waals surface area contributed by atoms with Crippen molar-refractivity contribution in [3.8, 4) is 44.5 Å². The molecule has 7 heteroatoms. The molecule has 0 nitrogen and oxygen atoms in total. The predicted octanol–water partition coefficient (Wildman–Crippen LogP) is 3.47. The minimum Gasteiger partial charge on any atom is -0.101 e. The second kappa shape index (κ2) is 13.3. The fourth-order valence-corrected chi connectivity index (χ4v) is 16.3. The van der Waals surface area contributed by atoms with Crippen molar-refractivity contribution in [1.82, 2.24) is 0 Å². The first kappa shape index (κ1) is 39.6. The van der Waals surface area contributed by atoms with E-state index < -0.39 is 0 Å². The Balaban J connectivity index is 1.08. The standard InChI is InChI=1S/C59H53B7/c1-58(2)41-14-8-7-9-33(41)39-24-29(16-18-42(39)58)45-34-10-3-5-12-36(34)46(37-13-6-4-11-35(37)45)30-15-17-38-43(25-30)59(31-20-27-19-28(22-31)23-32(59)21-27)51-40-26-44(60)52(61)53(62)48(40)50-49(47(38)51)54(63)56(65)57(66)55(50)64/h3-18,24-28,31-32H,19-23,60-66H2,1-2H3. The predicted molar refractivity (Wildman–Crippen MR) is 305 cm³/mol. The molecule has 4 bridgehead atoms. The molecular weight excluding hydrogens is 784 g/mol. The summed E-state index contributed by atoms with van der Waals surface area (Å²) in [7, 11) is 16.8. The second-order valence-electron chi connectivity index (χ2n) is 22.6. The number of hydrogen-bond acceptors (Lipinski definition) is 0. The van der Waals surface area contributed by atoms with Crippen LogP contribution in [0.25, 0.3) is 87.6 Å². The van der Waals surface area contributed by atoms with Gasteiger partial charge in [0.2, 0.25) is 0 Å². The molecule has 15 rings (SSSR count). The maximum atomic E-state index is 2.77. The molecule has 0 heterocycles. The highest BCUT2D eigenvalue weighted by molar-refractivity contribution is 6.69. The van der Waals surface area contributed by atoms with E-state index in [1.807, 2.05) is 0 Å². The lowest BCUT2D eigenvalue weighted by Crippen LogP contribution is -2.55. The Labute approximate surface area is 396 Å². The maximum Gasteiger partial charge on any atom is 0.139 e. The highest BCUT2D eigenvalue weighted by atomic mass is 14.7. The maximum absolute atomic E-state index is 2.77. The molecule has 0 amide bonds. The minimum absolute atomic E-state index is 0.00611. The first-order chi connectivity index (χ1) is 31.9. The summed E-state index contributed by atoms with van der Waals surface area (Å²) >= 11 is 0. The Morgan fingerprint density at radius 1 is 0.394 bits per heavy atom. The first-order valence-corrected chi connectivity index (χ1v) is 25.2. The zero-order valence-electron chi connectivity index (χ0n) is 40.3. The van der Waals surface area contributed by atoms with Gasteiger partial charge in [0, 0.05) is 10.8 Å². The molecule has 4 fully saturated rings. The van der Waals surface area contributed by atoms with Gasteiger partial charge in [-0.25, -0.2) is 0 Å². The Morgan fingerprint density at radius 3 is 1.53 bits per heavy atom. The molecule has 9 aromatic rings. The lowest BCUT2D eigenvalue weighted by molar-refractivity contribution is -0.0393. The molecule has 0 N–H and O–H groups in total. The fraction of sp³-hybridized carbons (Fsp3) is 0.220. The summed E-state index contributed by atoms with van der Waals surface area (Å²) in [6.07, 6.45) is 6.93. The van der Waals surface area contributed by atoms with E-state index in [0.29, 0.717) is 11.8 Å². The average molecular weight is 838 g/mol. The SMILES string of the molecule is Bc1cc2c3c(c4c(B)c(B)c(B)c(B)c4c2c(B)c1B)-c1ccc(-c2c4ccccc4c(-c4ccc5c(c4)-c4ccccc4C5(C)C)c4ccccc24)cc1C31C2CC3CC(C2)CC1C3. The summed E-state index contributed by atoms with van der Waals surface area (Å²) < 4.78 is 0. The molecular formula is C59H53B7. The van der Waals surface area contributed by atoms with Crippen LogP contribution in [0.5, 0.6) is 0 Å². The summed E-state index contributed by atoms with van der Waals surface area (Å²) in [6, 6.07) is 45.7. The lowest BCUT2D eigenvalue weighted by atomic mass is 9.42. The van der Waals surface area contributed by atoms with Crippen LogP contribution in [0.2, 0.25) is 0 Å². The van der Waals surface area contributed by atoms with Crippen LogP contribution in [-0.2, 0) is 10.8 Å². The van der Waals surface area contributed by atoms with Crippen molar-refractivity contribution >= 4 is 136 Å². The van der Waals surface area contributed by atoms with Gasteiger partial charge in [0.05, 0.1) is 0 Å². The number of rotatable bonds is 2. The monoisotopic (exact) mass is 838 g/mol. The Hall–Kier alpha value is -5.53. The summed E-state index contributed by atoms with van der Waals surface area (Å²) in [5.41, 5.74) is 27.6. The molecule has 0 atom stereocenters. The van der Waals surface area contributed by atoms with E-state index in [0.717, 1.165) is 11.8 Å². The van der Waals surface area contributed by atoms with E-state index in [4.69, 9.17) is 0 Å².